The summed E-state index contributed by atoms with van der Waals surface area (Å²) in [5.41, 5.74) is 0. The molecule has 0 aliphatic heterocycles. The van der Waals surface area contributed by atoms with Crippen LogP contribution in [-0.2, 0) is 19.5 Å². The van der Waals surface area contributed by atoms with Gasteiger partial charge in [-0.2, -0.15) is 0 Å². The Morgan fingerprint density at radius 1 is 0.875 bits per heavy atom. The van der Waals surface area contributed by atoms with Gasteiger partial charge in [0.1, 0.15) is 6.10 Å². The first-order valence-corrected chi connectivity index (χ1v) is 9.41. The van der Waals surface area contributed by atoms with Gasteiger partial charge in [0, 0.05) is 19.5 Å². The number of hydrogen-bond donors (Lipinski definition) is 2. The molecule has 0 amide bonds. The summed E-state index contributed by atoms with van der Waals surface area (Å²) in [7, 11) is -1.61. The van der Waals surface area contributed by atoms with Crippen molar-refractivity contribution < 1.29 is 29.4 Å². The van der Waals surface area contributed by atoms with Crippen molar-refractivity contribution in [3.05, 3.63) is 0 Å². The molecule has 0 saturated heterocycles. The maximum absolute atomic E-state index is 8.93. The van der Waals surface area contributed by atoms with Crippen LogP contribution in [0.25, 0.3) is 0 Å². The van der Waals surface area contributed by atoms with Gasteiger partial charge >= 0.3 is 0 Å². The van der Waals surface area contributed by atoms with Gasteiger partial charge in [-0.3, -0.25) is 0 Å². The van der Waals surface area contributed by atoms with E-state index in [4.69, 9.17) is 79.5 Å². The summed E-state index contributed by atoms with van der Waals surface area (Å²) < 4.78 is -3.96. The average Bonchev–Trinajstić information content (AvgIpc) is 1.77. The maximum Gasteiger partial charge on any atom is 0.220 e. The van der Waals surface area contributed by atoms with Crippen molar-refractivity contribution in [3.63, 3.8) is 0 Å². The topological polar surface area (TPSA) is 40.5 Å². The van der Waals surface area contributed by atoms with Crippen molar-refractivity contribution in [3.8, 4) is 0 Å². The molecule has 96 valence electrons. The Kier molecular flexibility index (Phi) is 12.7. The van der Waals surface area contributed by atoms with Crippen molar-refractivity contribution in [1.82, 2.24) is 0 Å². The second-order valence-electron chi connectivity index (χ2n) is 3.66. The molecule has 0 spiro atoms. The summed E-state index contributed by atoms with van der Waals surface area (Å²) in [6.45, 7) is 5.65. The fourth-order valence-electron chi connectivity index (χ4n) is 0.186. The molecule has 0 aromatic heterocycles. The Morgan fingerprint density at radius 2 is 1.00 bits per heavy atom. The molecule has 0 heterocycles. The van der Waals surface area contributed by atoms with E-state index in [1.165, 1.54) is 0 Å². The zero-order chi connectivity index (χ0) is 13.1. The Morgan fingerprint density at radius 3 is 1.00 bits per heavy atom. The monoisotopic (exact) mass is 418 g/mol. The molecule has 2 N–H and O–H groups in total. The van der Waals surface area contributed by atoms with E-state index in [2.05, 4.69) is 0 Å². The molecule has 10 heteroatoms. The Hall–Kier alpha value is 2.50. The van der Waals surface area contributed by atoms with Gasteiger partial charge < -0.3 is 9.90 Å². The van der Waals surface area contributed by atoms with Crippen LogP contribution in [0.1, 0.15) is 0 Å². The number of rotatable bonds is 0. The molecule has 2 nitrogen and oxygen atoms in total. The first-order chi connectivity index (χ1) is 6.15. The molecule has 0 fully saturated rings. The predicted octanol–water partition coefficient (Wildman–Crippen LogP) is 3.90. The minimum Gasteiger partial charge on any atom is -0.433 e. The van der Waals surface area contributed by atoms with Gasteiger partial charge in [-0.05, 0) is 19.6 Å². The average molecular weight is 422 g/mol. The number of halogens is 6. The molecule has 0 bridgehead atoms. The van der Waals surface area contributed by atoms with Crippen molar-refractivity contribution in [2.45, 2.75) is 33.3 Å². The van der Waals surface area contributed by atoms with Crippen LogP contribution in [0.15, 0.2) is 0 Å². The van der Waals surface area contributed by atoms with E-state index in [9.17, 15) is 0 Å². The molecule has 0 atom stereocenters. The summed E-state index contributed by atoms with van der Waals surface area (Å²) in [4.78, 5) is 8.66. The van der Waals surface area contributed by atoms with Crippen LogP contribution in [0.3, 0.4) is 0 Å². The second kappa shape index (κ2) is 8.63. The SMILES string of the molecule is C[Si](C)(C)O.OC(C(Cl)(Cl)Cl)C(Cl)(Cl)Cl.[Zn]. The molecule has 0 radical (unpaired) electrons. The number of alkyl halides is 6. The van der Waals surface area contributed by atoms with Crippen molar-refractivity contribution in [2.75, 3.05) is 0 Å². The van der Waals surface area contributed by atoms with Gasteiger partial charge in [-0.15, -0.1) is 0 Å². The Balaban J connectivity index is -0.000000242. The minimum atomic E-state index is -1.98. The van der Waals surface area contributed by atoms with Gasteiger partial charge in [-0.1, -0.05) is 69.6 Å². The smallest absolute Gasteiger partial charge is 0.220 e. The number of aliphatic hydroxyl groups excluding tert-OH is 1. The van der Waals surface area contributed by atoms with Crippen LogP contribution in [-0.4, -0.2) is 31.9 Å². The number of aliphatic hydroxyl groups is 1. The van der Waals surface area contributed by atoms with Crippen molar-refractivity contribution >= 4 is 77.9 Å². The van der Waals surface area contributed by atoms with Crippen molar-refractivity contribution in [1.29, 1.82) is 0 Å². The third kappa shape index (κ3) is 18.9. The van der Waals surface area contributed by atoms with E-state index in [1.807, 2.05) is 19.6 Å². The van der Waals surface area contributed by atoms with Crippen LogP contribution < -0.4 is 0 Å². The van der Waals surface area contributed by atoms with E-state index in [0.29, 0.717) is 0 Å². The van der Waals surface area contributed by atoms with Gasteiger partial charge in [0.05, 0.1) is 0 Å². The summed E-state index contributed by atoms with van der Waals surface area (Å²) in [5, 5.41) is 8.93. The molecule has 0 aromatic carbocycles. The van der Waals surface area contributed by atoms with E-state index < -0.39 is 22.0 Å². The standard InChI is InChI=1S/C3H2Cl6O.C3H10OSi.Zn/c4-2(5,6)1(10)3(7,8)9;1-5(2,3)4;/h1,10H;4H,1-3H3;. The predicted molar refractivity (Wildman–Crippen MR) is 72.2 cm³/mol. The molecule has 16 heavy (non-hydrogen) atoms. The van der Waals surface area contributed by atoms with E-state index in [0.717, 1.165) is 0 Å². The Bertz CT molecular complexity index is 167. The van der Waals surface area contributed by atoms with Gasteiger partial charge in [0.15, 0.2) is 8.32 Å². The fraction of sp³-hybridized carbons (Fsp3) is 1.00. The Labute approximate surface area is 139 Å². The van der Waals surface area contributed by atoms with Crippen LogP contribution in [0.4, 0.5) is 0 Å². The fourth-order valence-corrected chi connectivity index (χ4v) is 1.67. The third-order valence-electron chi connectivity index (χ3n) is 0.620. The molecule has 0 aromatic rings. The summed E-state index contributed by atoms with van der Waals surface area (Å²) in [6, 6.07) is 0. The molecule has 0 unspecified atom stereocenters. The summed E-state index contributed by atoms with van der Waals surface area (Å²) in [6.07, 6.45) is -1.64. The maximum atomic E-state index is 8.93. The second-order valence-corrected chi connectivity index (χ2v) is 12.7. The van der Waals surface area contributed by atoms with Gasteiger partial charge in [0.2, 0.25) is 7.59 Å². The largest absolute Gasteiger partial charge is 0.433 e. The number of hydrogen-bond acceptors (Lipinski definition) is 2. The summed E-state index contributed by atoms with van der Waals surface area (Å²) in [5.74, 6) is 0. The van der Waals surface area contributed by atoms with E-state index in [1.54, 1.807) is 0 Å². The first-order valence-electron chi connectivity index (χ1n) is 3.69. The quantitative estimate of drug-likeness (QED) is 0.459. The van der Waals surface area contributed by atoms with Gasteiger partial charge in [0.25, 0.3) is 0 Å². The molecular weight excluding hydrogens is 410 g/mol. The minimum absolute atomic E-state index is 0. The molecule has 0 aliphatic carbocycles. The van der Waals surface area contributed by atoms with E-state index in [-0.39, 0.29) is 19.5 Å². The van der Waals surface area contributed by atoms with Crippen molar-refractivity contribution in [2.24, 2.45) is 0 Å². The summed E-state index contributed by atoms with van der Waals surface area (Å²) >= 11 is 31.2. The zero-order valence-electron chi connectivity index (χ0n) is 8.95. The molecular formula is C6H12Cl6O2SiZn. The normalized spacial score (nSPS) is 12.8. The zero-order valence-corrected chi connectivity index (χ0v) is 17.4. The van der Waals surface area contributed by atoms with Crippen LogP contribution in [0, 0.1) is 0 Å². The first kappa shape index (κ1) is 23.6. The van der Waals surface area contributed by atoms with Crippen LogP contribution in [0.2, 0.25) is 19.6 Å². The van der Waals surface area contributed by atoms with Crippen LogP contribution in [0.5, 0.6) is 0 Å². The molecule has 0 rings (SSSR count). The van der Waals surface area contributed by atoms with Crippen LogP contribution >= 0.6 is 69.6 Å². The molecule has 0 saturated carbocycles. The van der Waals surface area contributed by atoms with E-state index >= 15 is 0 Å². The molecule has 0 aliphatic rings. The van der Waals surface area contributed by atoms with Gasteiger partial charge in [-0.25, -0.2) is 0 Å². The third-order valence-corrected chi connectivity index (χ3v) is 1.86.